The first-order chi connectivity index (χ1) is 9.17. The number of hydrogen-bond acceptors (Lipinski definition) is 3. The molecular weight excluding hydrogens is 304 g/mol. The van der Waals surface area contributed by atoms with Crippen molar-refractivity contribution in [2.45, 2.75) is 26.3 Å². The van der Waals surface area contributed by atoms with Crippen molar-refractivity contribution in [3.8, 4) is 11.3 Å². The van der Waals surface area contributed by atoms with Crippen molar-refractivity contribution in [2.24, 2.45) is 7.05 Å². The molecule has 0 aliphatic heterocycles. The summed E-state index contributed by atoms with van der Waals surface area (Å²) in [6, 6.07) is 8.94. The molecule has 0 fully saturated rings. The van der Waals surface area contributed by atoms with Crippen LogP contribution in [0.2, 0.25) is 0 Å². The van der Waals surface area contributed by atoms with Crippen LogP contribution in [0.1, 0.15) is 31.9 Å². The molecule has 1 heterocycles. The third-order valence-corrected chi connectivity index (χ3v) is 3.74. The van der Waals surface area contributed by atoms with Gasteiger partial charge in [-0.25, -0.2) is 4.68 Å². The maximum atomic E-state index is 4.04. The van der Waals surface area contributed by atoms with Gasteiger partial charge in [-0.3, -0.25) is 0 Å². The fraction of sp³-hybridized carbons (Fsp3) is 0.429. The lowest BCUT2D eigenvalue weighted by atomic mass is 10.0. The van der Waals surface area contributed by atoms with Gasteiger partial charge in [-0.15, -0.1) is 5.10 Å². The molecule has 2 rings (SSSR count). The summed E-state index contributed by atoms with van der Waals surface area (Å²) in [6.45, 7) is 5.30. The zero-order chi connectivity index (χ0) is 13.8. The summed E-state index contributed by atoms with van der Waals surface area (Å²) in [5.41, 5.74) is 3.44. The van der Waals surface area contributed by atoms with E-state index in [0.29, 0.717) is 6.04 Å². The van der Waals surface area contributed by atoms with Gasteiger partial charge in [-0.1, -0.05) is 37.3 Å². The van der Waals surface area contributed by atoms with Gasteiger partial charge in [-0.05, 0) is 40.5 Å². The monoisotopic (exact) mass is 322 g/mol. The van der Waals surface area contributed by atoms with Crippen molar-refractivity contribution in [1.29, 1.82) is 0 Å². The second-order valence-corrected chi connectivity index (χ2v) is 5.25. The van der Waals surface area contributed by atoms with Gasteiger partial charge in [0.1, 0.15) is 5.69 Å². The van der Waals surface area contributed by atoms with Gasteiger partial charge in [0, 0.05) is 18.7 Å². The van der Waals surface area contributed by atoms with Crippen molar-refractivity contribution in [3.05, 3.63) is 34.4 Å². The van der Waals surface area contributed by atoms with E-state index in [4.69, 9.17) is 0 Å². The molecule has 1 atom stereocenters. The van der Waals surface area contributed by atoms with Crippen molar-refractivity contribution >= 4 is 15.9 Å². The molecule has 0 spiro atoms. The van der Waals surface area contributed by atoms with Crippen LogP contribution in [0.25, 0.3) is 11.3 Å². The van der Waals surface area contributed by atoms with E-state index in [0.717, 1.165) is 28.8 Å². The summed E-state index contributed by atoms with van der Waals surface area (Å²) >= 11 is 3.45. The summed E-state index contributed by atoms with van der Waals surface area (Å²) in [5, 5.41) is 11.6. The van der Waals surface area contributed by atoms with Gasteiger partial charge in [0.2, 0.25) is 0 Å². The molecule has 0 amide bonds. The number of rotatable bonds is 5. The molecule has 1 unspecified atom stereocenters. The van der Waals surface area contributed by atoms with Gasteiger partial charge in [0.25, 0.3) is 0 Å². The first kappa shape index (κ1) is 14.2. The molecule has 1 aromatic carbocycles. The van der Waals surface area contributed by atoms with Crippen LogP contribution < -0.4 is 5.32 Å². The Balaban J connectivity index is 2.39. The van der Waals surface area contributed by atoms with Crippen LogP contribution in [0, 0.1) is 0 Å². The van der Waals surface area contributed by atoms with Crippen molar-refractivity contribution < 1.29 is 0 Å². The molecule has 0 bridgehead atoms. The summed E-state index contributed by atoms with van der Waals surface area (Å²) in [5.74, 6) is 0. The minimum Gasteiger partial charge on any atom is -0.310 e. The Labute approximate surface area is 122 Å². The first-order valence-electron chi connectivity index (χ1n) is 6.56. The fourth-order valence-electron chi connectivity index (χ4n) is 2.28. The minimum atomic E-state index is 0.393. The molecule has 0 aliphatic rings. The van der Waals surface area contributed by atoms with Gasteiger partial charge >= 0.3 is 0 Å². The summed E-state index contributed by atoms with van der Waals surface area (Å²) in [6.07, 6.45) is 1.07. The minimum absolute atomic E-state index is 0.393. The molecular formula is C14H19BrN4. The Morgan fingerprint density at radius 1 is 1.37 bits per heavy atom. The van der Waals surface area contributed by atoms with Crippen LogP contribution in [0.15, 0.2) is 28.9 Å². The van der Waals surface area contributed by atoms with Gasteiger partial charge in [0.15, 0.2) is 4.60 Å². The maximum absolute atomic E-state index is 4.04. The molecule has 0 saturated carbocycles. The molecule has 4 nitrogen and oxygen atoms in total. The lowest BCUT2D eigenvalue weighted by Gasteiger charge is -2.17. The number of halogens is 1. The van der Waals surface area contributed by atoms with E-state index >= 15 is 0 Å². The predicted molar refractivity (Wildman–Crippen MR) is 80.8 cm³/mol. The molecule has 19 heavy (non-hydrogen) atoms. The number of hydrogen-bond donors (Lipinski definition) is 1. The number of aromatic nitrogens is 3. The number of aryl methyl sites for hydroxylation is 1. The van der Waals surface area contributed by atoms with E-state index in [1.165, 1.54) is 5.56 Å². The predicted octanol–water partition coefficient (Wildman–Crippen LogP) is 3.31. The highest BCUT2D eigenvalue weighted by molar-refractivity contribution is 9.10. The molecule has 102 valence electrons. The highest BCUT2D eigenvalue weighted by Crippen LogP contribution is 2.28. The van der Waals surface area contributed by atoms with Crippen LogP contribution in [-0.4, -0.2) is 21.5 Å². The lowest BCUT2D eigenvalue weighted by Crippen LogP contribution is -2.20. The molecule has 1 aromatic heterocycles. The van der Waals surface area contributed by atoms with Crippen LogP contribution in [0.4, 0.5) is 0 Å². The zero-order valence-electron chi connectivity index (χ0n) is 11.5. The van der Waals surface area contributed by atoms with Crippen LogP contribution in [-0.2, 0) is 7.05 Å². The maximum Gasteiger partial charge on any atom is 0.156 e. The fourth-order valence-corrected chi connectivity index (χ4v) is 2.84. The zero-order valence-corrected chi connectivity index (χ0v) is 13.1. The number of nitrogens with zero attached hydrogens (tertiary/aromatic N) is 3. The SMILES string of the molecule is CCNC(CC)c1cccc(-c2c(Br)nnn2C)c1. The molecule has 1 N–H and O–H groups in total. The summed E-state index contributed by atoms with van der Waals surface area (Å²) in [4.78, 5) is 0. The molecule has 2 aromatic rings. The topological polar surface area (TPSA) is 42.7 Å². The van der Waals surface area contributed by atoms with E-state index in [9.17, 15) is 0 Å². The largest absolute Gasteiger partial charge is 0.310 e. The van der Waals surface area contributed by atoms with Crippen LogP contribution in [0.3, 0.4) is 0 Å². The third-order valence-electron chi connectivity index (χ3n) is 3.21. The van der Waals surface area contributed by atoms with Gasteiger partial charge in [0.05, 0.1) is 0 Å². The normalized spacial score (nSPS) is 12.6. The van der Waals surface area contributed by atoms with Crippen LogP contribution >= 0.6 is 15.9 Å². The first-order valence-corrected chi connectivity index (χ1v) is 7.35. The second kappa shape index (κ2) is 6.30. The van der Waals surface area contributed by atoms with Crippen molar-refractivity contribution in [2.75, 3.05) is 6.54 Å². The summed E-state index contributed by atoms with van der Waals surface area (Å²) < 4.78 is 2.57. The summed E-state index contributed by atoms with van der Waals surface area (Å²) in [7, 11) is 1.90. The average Bonchev–Trinajstić information content (AvgIpc) is 2.75. The van der Waals surface area contributed by atoms with E-state index in [-0.39, 0.29) is 0 Å². The number of nitrogens with one attached hydrogen (secondary N) is 1. The molecule has 0 aliphatic carbocycles. The quantitative estimate of drug-likeness (QED) is 0.918. The van der Waals surface area contributed by atoms with Gasteiger partial charge < -0.3 is 5.32 Å². The molecule has 0 saturated heterocycles. The van der Waals surface area contributed by atoms with Crippen LogP contribution in [0.5, 0.6) is 0 Å². The Morgan fingerprint density at radius 3 is 2.74 bits per heavy atom. The lowest BCUT2D eigenvalue weighted by molar-refractivity contribution is 0.537. The smallest absolute Gasteiger partial charge is 0.156 e. The van der Waals surface area contributed by atoms with E-state index < -0.39 is 0 Å². The van der Waals surface area contributed by atoms with Gasteiger partial charge in [-0.2, -0.15) is 0 Å². The highest BCUT2D eigenvalue weighted by atomic mass is 79.9. The Bertz CT molecular complexity index is 531. The Morgan fingerprint density at radius 2 is 2.16 bits per heavy atom. The van der Waals surface area contributed by atoms with E-state index in [2.05, 4.69) is 69.7 Å². The van der Waals surface area contributed by atoms with E-state index in [1.807, 2.05) is 7.05 Å². The highest BCUT2D eigenvalue weighted by Gasteiger charge is 2.13. The second-order valence-electron chi connectivity index (χ2n) is 4.50. The van der Waals surface area contributed by atoms with E-state index in [1.54, 1.807) is 4.68 Å². The molecule has 5 heteroatoms. The average molecular weight is 323 g/mol. The Hall–Kier alpha value is -1.20. The van der Waals surface area contributed by atoms with Crippen molar-refractivity contribution in [1.82, 2.24) is 20.3 Å². The van der Waals surface area contributed by atoms with Crippen molar-refractivity contribution in [3.63, 3.8) is 0 Å². The number of benzene rings is 1. The molecule has 0 radical (unpaired) electrons. The Kier molecular flexibility index (Phi) is 4.71. The standard InChI is InChI=1S/C14H19BrN4/c1-4-12(16-5-2)10-7-6-8-11(9-10)13-14(15)17-18-19(13)3/h6-9,12,16H,4-5H2,1-3H3. The third kappa shape index (κ3) is 3.04.